The van der Waals surface area contributed by atoms with Crippen molar-refractivity contribution in [2.45, 2.75) is 19.0 Å². The summed E-state index contributed by atoms with van der Waals surface area (Å²) in [6.45, 7) is 2.04. The van der Waals surface area contributed by atoms with Crippen molar-refractivity contribution in [3.05, 3.63) is 34.9 Å². The van der Waals surface area contributed by atoms with Gasteiger partial charge in [-0.3, -0.25) is 0 Å². The average molecular weight is 251 g/mol. The van der Waals surface area contributed by atoms with E-state index in [1.165, 1.54) is 0 Å². The quantitative estimate of drug-likeness (QED) is 0.887. The van der Waals surface area contributed by atoms with Crippen molar-refractivity contribution in [3.63, 3.8) is 0 Å². The van der Waals surface area contributed by atoms with Crippen LogP contribution in [-0.4, -0.2) is 31.1 Å². The van der Waals surface area contributed by atoms with Gasteiger partial charge in [-0.05, 0) is 32.1 Å². The fourth-order valence-electron chi connectivity index (χ4n) is 2.18. The zero-order valence-electron chi connectivity index (χ0n) is 10.2. The summed E-state index contributed by atoms with van der Waals surface area (Å²) in [6.07, 6.45) is 0.982. The third kappa shape index (κ3) is 2.84. The largest absolute Gasteiger partial charge is 0.308 e. The molecule has 1 aliphatic heterocycles. The molecular formula is C13H15F2N3. The third-order valence-electron chi connectivity index (χ3n) is 3.23. The van der Waals surface area contributed by atoms with Gasteiger partial charge in [-0.25, -0.2) is 8.78 Å². The molecule has 0 spiro atoms. The van der Waals surface area contributed by atoms with Crippen molar-refractivity contribution in [2.75, 3.05) is 20.1 Å². The average Bonchev–Trinajstić information content (AvgIpc) is 2.73. The van der Waals surface area contributed by atoms with Gasteiger partial charge < -0.3 is 10.2 Å². The zero-order valence-corrected chi connectivity index (χ0v) is 10.2. The molecule has 1 N–H and O–H groups in total. The minimum Gasteiger partial charge on any atom is -0.308 e. The van der Waals surface area contributed by atoms with Gasteiger partial charge in [-0.1, -0.05) is 0 Å². The van der Waals surface area contributed by atoms with Gasteiger partial charge in [-0.2, -0.15) is 5.26 Å². The Balaban J connectivity index is 2.03. The van der Waals surface area contributed by atoms with Crippen molar-refractivity contribution in [2.24, 2.45) is 0 Å². The van der Waals surface area contributed by atoms with Crippen LogP contribution in [0, 0.1) is 23.0 Å². The first-order valence-electron chi connectivity index (χ1n) is 5.90. The highest BCUT2D eigenvalue weighted by atomic mass is 19.1. The van der Waals surface area contributed by atoms with Crippen LogP contribution in [0.25, 0.3) is 0 Å². The van der Waals surface area contributed by atoms with Gasteiger partial charge in [-0.15, -0.1) is 0 Å². The van der Waals surface area contributed by atoms with Crippen LogP contribution in [0.3, 0.4) is 0 Å². The summed E-state index contributed by atoms with van der Waals surface area (Å²) < 4.78 is 27.2. The number of nitriles is 1. The third-order valence-corrected chi connectivity index (χ3v) is 3.23. The van der Waals surface area contributed by atoms with E-state index in [4.69, 9.17) is 5.26 Å². The molecule has 1 aromatic rings. The molecule has 1 aromatic carbocycles. The van der Waals surface area contributed by atoms with Crippen molar-refractivity contribution in [1.29, 1.82) is 5.26 Å². The van der Waals surface area contributed by atoms with Gasteiger partial charge >= 0.3 is 0 Å². The predicted octanol–water partition coefficient (Wildman–Crippen LogP) is 1.63. The van der Waals surface area contributed by atoms with Crippen LogP contribution in [0.1, 0.15) is 17.5 Å². The summed E-state index contributed by atoms with van der Waals surface area (Å²) >= 11 is 0. The van der Waals surface area contributed by atoms with Gasteiger partial charge in [0, 0.05) is 24.7 Å². The summed E-state index contributed by atoms with van der Waals surface area (Å²) in [6, 6.07) is 4.14. The molecule has 0 bridgehead atoms. The Morgan fingerprint density at radius 1 is 1.44 bits per heavy atom. The lowest BCUT2D eigenvalue weighted by Crippen LogP contribution is -2.31. The van der Waals surface area contributed by atoms with E-state index in [1.54, 1.807) is 6.07 Å². The molecule has 5 heteroatoms. The smallest absolute Gasteiger partial charge is 0.131 e. The number of benzene rings is 1. The van der Waals surface area contributed by atoms with Crippen LogP contribution >= 0.6 is 0 Å². The predicted molar refractivity (Wildman–Crippen MR) is 63.8 cm³/mol. The molecule has 1 atom stereocenters. The number of likely N-dealkylation sites (N-methyl/N-ethyl adjacent to an activating group) is 1. The normalized spacial score (nSPS) is 20.0. The second-order valence-electron chi connectivity index (χ2n) is 4.66. The highest BCUT2D eigenvalue weighted by molar-refractivity contribution is 5.34. The van der Waals surface area contributed by atoms with E-state index in [-0.39, 0.29) is 23.7 Å². The molecule has 18 heavy (non-hydrogen) atoms. The molecule has 0 radical (unpaired) electrons. The molecule has 2 rings (SSSR count). The van der Waals surface area contributed by atoms with E-state index in [1.807, 2.05) is 7.05 Å². The van der Waals surface area contributed by atoms with Gasteiger partial charge in [0.1, 0.15) is 11.6 Å². The molecule has 0 saturated carbocycles. The van der Waals surface area contributed by atoms with E-state index in [9.17, 15) is 8.78 Å². The van der Waals surface area contributed by atoms with Gasteiger partial charge in [0.2, 0.25) is 0 Å². The second-order valence-corrected chi connectivity index (χ2v) is 4.66. The molecule has 1 saturated heterocycles. The second kappa shape index (κ2) is 5.42. The fraction of sp³-hybridized carbons (Fsp3) is 0.462. The standard InChI is InChI=1S/C13H15F2N3/c1-18-3-2-10(8-18)17-7-11-12(14)4-9(6-16)5-13(11)15/h4-5,10,17H,2-3,7-8H2,1H3. The van der Waals surface area contributed by atoms with Crippen molar-refractivity contribution in [3.8, 4) is 6.07 Å². The SMILES string of the molecule is CN1CCC(NCc2c(F)cc(C#N)cc2F)C1. The van der Waals surface area contributed by atoms with E-state index >= 15 is 0 Å². The lowest BCUT2D eigenvalue weighted by atomic mass is 10.1. The van der Waals surface area contributed by atoms with E-state index in [2.05, 4.69) is 10.2 Å². The number of likely N-dealkylation sites (tertiary alicyclic amines) is 1. The van der Waals surface area contributed by atoms with Crippen LogP contribution in [0.15, 0.2) is 12.1 Å². The summed E-state index contributed by atoms with van der Waals surface area (Å²) in [7, 11) is 2.02. The maximum absolute atomic E-state index is 13.6. The maximum Gasteiger partial charge on any atom is 0.131 e. The molecule has 0 aliphatic carbocycles. The highest BCUT2D eigenvalue weighted by Gasteiger charge is 2.20. The molecule has 0 aromatic heterocycles. The zero-order chi connectivity index (χ0) is 13.1. The lowest BCUT2D eigenvalue weighted by Gasteiger charge is -2.13. The Labute approximate surface area is 105 Å². The Morgan fingerprint density at radius 3 is 2.61 bits per heavy atom. The number of hydrogen-bond donors (Lipinski definition) is 1. The molecule has 1 unspecified atom stereocenters. The lowest BCUT2D eigenvalue weighted by molar-refractivity contribution is 0.395. The van der Waals surface area contributed by atoms with E-state index < -0.39 is 11.6 Å². The van der Waals surface area contributed by atoms with Gasteiger partial charge in [0.25, 0.3) is 0 Å². The number of hydrogen-bond acceptors (Lipinski definition) is 3. The first kappa shape index (κ1) is 12.9. The topological polar surface area (TPSA) is 39.1 Å². The Hall–Kier alpha value is -1.51. The summed E-state index contributed by atoms with van der Waals surface area (Å²) in [4.78, 5) is 2.17. The van der Waals surface area contributed by atoms with Crippen LogP contribution in [0.5, 0.6) is 0 Å². The Morgan fingerprint density at radius 2 is 2.11 bits per heavy atom. The Kier molecular flexibility index (Phi) is 3.90. The molecule has 1 heterocycles. The minimum absolute atomic E-state index is 0.00329. The van der Waals surface area contributed by atoms with Crippen molar-refractivity contribution < 1.29 is 8.78 Å². The molecule has 96 valence electrons. The summed E-state index contributed by atoms with van der Waals surface area (Å²) in [5.41, 5.74) is 0.0119. The number of rotatable bonds is 3. The molecule has 3 nitrogen and oxygen atoms in total. The maximum atomic E-state index is 13.6. The highest BCUT2D eigenvalue weighted by Crippen LogP contribution is 2.16. The first-order valence-corrected chi connectivity index (χ1v) is 5.90. The van der Waals surface area contributed by atoms with Crippen LogP contribution in [-0.2, 0) is 6.54 Å². The van der Waals surface area contributed by atoms with Crippen LogP contribution in [0.2, 0.25) is 0 Å². The fourth-order valence-corrected chi connectivity index (χ4v) is 2.18. The number of nitrogens with zero attached hydrogens (tertiary/aromatic N) is 2. The van der Waals surface area contributed by atoms with E-state index in [0.29, 0.717) is 0 Å². The molecule has 0 amide bonds. The minimum atomic E-state index is -0.662. The van der Waals surface area contributed by atoms with Crippen molar-refractivity contribution in [1.82, 2.24) is 10.2 Å². The molecular weight excluding hydrogens is 236 g/mol. The Bertz CT molecular complexity index is 459. The van der Waals surface area contributed by atoms with Crippen LogP contribution in [0.4, 0.5) is 8.78 Å². The van der Waals surface area contributed by atoms with Crippen LogP contribution < -0.4 is 5.32 Å². The number of halogens is 2. The molecule has 1 aliphatic rings. The summed E-state index contributed by atoms with van der Waals surface area (Å²) in [5.74, 6) is -1.32. The first-order chi connectivity index (χ1) is 8.60. The number of nitrogens with one attached hydrogen (secondary N) is 1. The molecule has 1 fully saturated rings. The van der Waals surface area contributed by atoms with E-state index in [0.717, 1.165) is 31.6 Å². The van der Waals surface area contributed by atoms with Gasteiger partial charge in [0.15, 0.2) is 0 Å². The monoisotopic (exact) mass is 251 g/mol. The van der Waals surface area contributed by atoms with Gasteiger partial charge in [0.05, 0.1) is 11.6 Å². The summed E-state index contributed by atoms with van der Waals surface area (Å²) in [5, 5.41) is 11.7. The van der Waals surface area contributed by atoms with Crippen molar-refractivity contribution >= 4 is 0 Å².